The van der Waals surface area contributed by atoms with E-state index in [2.05, 4.69) is 4.74 Å². The molecule has 0 radical (unpaired) electrons. The second-order valence-corrected chi connectivity index (χ2v) is 7.65. The maximum absolute atomic E-state index is 13.8. The van der Waals surface area contributed by atoms with Crippen molar-refractivity contribution < 1.29 is 45.7 Å². The maximum atomic E-state index is 13.8. The molecule has 0 aromatic heterocycles. The zero-order chi connectivity index (χ0) is 22.5. The molecule has 4 atom stereocenters. The fourth-order valence-electron chi connectivity index (χ4n) is 3.70. The van der Waals surface area contributed by atoms with Crippen molar-refractivity contribution in [1.82, 2.24) is 0 Å². The van der Waals surface area contributed by atoms with Gasteiger partial charge in [0.2, 0.25) is 0 Å². The number of ether oxygens (including phenoxy) is 2. The van der Waals surface area contributed by atoms with Gasteiger partial charge in [-0.3, -0.25) is 4.79 Å². The smallest absolute Gasteiger partial charge is 0.389 e. The Kier molecular flexibility index (Phi) is 5.90. The van der Waals surface area contributed by atoms with Crippen LogP contribution in [0.5, 0.6) is 0 Å². The van der Waals surface area contributed by atoms with E-state index < -0.39 is 59.1 Å². The predicted octanol–water partition coefficient (Wildman–Crippen LogP) is 4.16. The van der Waals surface area contributed by atoms with E-state index >= 15 is 0 Å². The average Bonchev–Trinajstić information content (AvgIpc) is 2.75. The van der Waals surface area contributed by atoms with Gasteiger partial charge in [0.05, 0.1) is 24.2 Å². The lowest BCUT2D eigenvalue weighted by molar-refractivity contribution is -0.395. The molecule has 0 aliphatic carbocycles. The first-order valence-corrected chi connectivity index (χ1v) is 8.74. The highest BCUT2D eigenvalue weighted by Gasteiger charge is 2.74. The summed E-state index contributed by atoms with van der Waals surface area (Å²) < 4.78 is 92.9. The van der Waals surface area contributed by atoms with Gasteiger partial charge in [-0.25, -0.2) is 0 Å². The van der Waals surface area contributed by atoms with Gasteiger partial charge in [0, 0.05) is 5.56 Å². The largest absolute Gasteiger partial charge is 0.430 e. The normalized spacial score (nSPS) is 31.1. The van der Waals surface area contributed by atoms with Crippen molar-refractivity contribution in [1.29, 1.82) is 0 Å². The summed E-state index contributed by atoms with van der Waals surface area (Å²) in [5.41, 5.74) is -9.27. The van der Waals surface area contributed by atoms with Crippen molar-refractivity contribution in [3.8, 4) is 0 Å². The summed E-state index contributed by atoms with van der Waals surface area (Å²) in [6.07, 6.45) is -14.4. The zero-order valence-electron chi connectivity index (χ0n) is 16.2. The summed E-state index contributed by atoms with van der Waals surface area (Å²) in [4.78, 5) is 12.0. The van der Waals surface area contributed by atoms with Crippen molar-refractivity contribution in [2.75, 3.05) is 6.61 Å². The number of ketones is 1. The summed E-state index contributed by atoms with van der Waals surface area (Å²) in [6, 6.07) is 4.66. The summed E-state index contributed by atoms with van der Waals surface area (Å²) >= 11 is 0. The quantitative estimate of drug-likeness (QED) is 0.716. The van der Waals surface area contributed by atoms with E-state index in [-0.39, 0.29) is 0 Å². The van der Waals surface area contributed by atoms with Gasteiger partial charge in [-0.1, -0.05) is 30.3 Å². The first-order valence-electron chi connectivity index (χ1n) is 8.74. The van der Waals surface area contributed by atoms with Crippen LogP contribution in [0, 0.1) is 5.41 Å². The number of benzene rings is 1. The summed E-state index contributed by atoms with van der Waals surface area (Å²) in [6.45, 7) is 3.78. The molecule has 0 saturated carbocycles. The molecule has 164 valence electrons. The van der Waals surface area contributed by atoms with Crippen LogP contribution in [0.25, 0.3) is 0 Å². The second-order valence-electron chi connectivity index (χ2n) is 7.65. The Balaban J connectivity index is 2.51. The van der Waals surface area contributed by atoms with E-state index in [1.165, 1.54) is 19.9 Å². The Labute approximate surface area is 163 Å². The van der Waals surface area contributed by atoms with Gasteiger partial charge in [0.1, 0.15) is 11.4 Å². The van der Waals surface area contributed by atoms with Crippen molar-refractivity contribution >= 4 is 5.78 Å². The molecule has 10 heteroatoms. The van der Waals surface area contributed by atoms with E-state index in [1.807, 2.05) is 0 Å². The Morgan fingerprint density at radius 1 is 1.10 bits per heavy atom. The third-order valence-electron chi connectivity index (χ3n) is 5.75. The average molecular weight is 428 g/mol. The molecule has 1 aliphatic heterocycles. The number of rotatable bonds is 5. The molecule has 0 amide bonds. The van der Waals surface area contributed by atoms with Gasteiger partial charge in [0.15, 0.2) is 0 Å². The van der Waals surface area contributed by atoms with Gasteiger partial charge in [-0.15, -0.1) is 0 Å². The first kappa shape index (κ1) is 23.6. The van der Waals surface area contributed by atoms with Gasteiger partial charge in [0.25, 0.3) is 5.60 Å². The Hall–Kier alpha value is -1.65. The van der Waals surface area contributed by atoms with Gasteiger partial charge >= 0.3 is 12.4 Å². The van der Waals surface area contributed by atoms with Crippen LogP contribution in [0.2, 0.25) is 0 Å². The van der Waals surface area contributed by atoms with E-state index in [4.69, 9.17) is 4.74 Å². The highest BCUT2D eigenvalue weighted by molar-refractivity contribution is 5.84. The lowest BCUT2D eigenvalue weighted by Crippen LogP contribution is -2.59. The lowest BCUT2D eigenvalue weighted by atomic mass is 9.74. The van der Waals surface area contributed by atoms with Crippen molar-refractivity contribution in [3.05, 3.63) is 35.9 Å². The molecule has 1 saturated heterocycles. The Morgan fingerprint density at radius 2 is 1.59 bits per heavy atom. The van der Waals surface area contributed by atoms with Gasteiger partial charge in [-0.2, -0.15) is 26.3 Å². The number of Topliss-reactive ketones (excluding diaryl/α,β-unsaturated/α-hetero) is 1. The molecule has 0 spiro atoms. The topological polar surface area (TPSA) is 55.8 Å². The molecular weight excluding hydrogens is 406 g/mol. The highest BCUT2D eigenvalue weighted by atomic mass is 19.4. The van der Waals surface area contributed by atoms with E-state index in [0.717, 1.165) is 26.0 Å². The second kappa shape index (κ2) is 7.24. The van der Waals surface area contributed by atoms with Gasteiger partial charge in [-0.05, 0) is 27.7 Å². The number of hydrogen-bond donors (Lipinski definition) is 1. The van der Waals surface area contributed by atoms with Crippen LogP contribution in [-0.4, -0.2) is 47.7 Å². The molecule has 1 aliphatic rings. The number of hydrogen-bond acceptors (Lipinski definition) is 4. The molecular formula is C19H22F6O4. The molecule has 1 fully saturated rings. The van der Waals surface area contributed by atoms with Crippen LogP contribution in [0.15, 0.2) is 30.3 Å². The number of aliphatic hydroxyl groups excluding tert-OH is 1. The van der Waals surface area contributed by atoms with Crippen LogP contribution >= 0.6 is 0 Å². The first-order chi connectivity index (χ1) is 13.0. The minimum atomic E-state index is -5.86. The van der Waals surface area contributed by atoms with Crippen LogP contribution < -0.4 is 0 Å². The Bertz CT molecular complexity index is 733. The minimum Gasteiger partial charge on any atom is -0.389 e. The fourth-order valence-corrected chi connectivity index (χ4v) is 3.70. The standard InChI is InChI=1S/C19H22F6O4/c1-11(26)16(4)12(2)29-15(3,14(16)27)10-28-17(18(20,21)22,19(23,24)25)13-8-6-5-7-9-13/h5-9,12,14,27H,10H2,1-4H3/t12-,14+,15+,16+/m0/s1. The summed E-state index contributed by atoms with van der Waals surface area (Å²) in [5, 5.41) is 10.6. The minimum absolute atomic E-state index is 0.512. The van der Waals surface area contributed by atoms with Crippen LogP contribution in [0.1, 0.15) is 33.3 Å². The lowest BCUT2D eigenvalue weighted by Gasteiger charge is -2.40. The molecule has 4 nitrogen and oxygen atoms in total. The molecule has 0 bridgehead atoms. The van der Waals surface area contributed by atoms with Crippen molar-refractivity contribution in [3.63, 3.8) is 0 Å². The highest BCUT2D eigenvalue weighted by Crippen LogP contribution is 2.54. The van der Waals surface area contributed by atoms with Crippen LogP contribution in [0.3, 0.4) is 0 Å². The van der Waals surface area contributed by atoms with E-state index in [9.17, 15) is 36.2 Å². The molecule has 29 heavy (non-hydrogen) atoms. The molecule has 1 N–H and O–H groups in total. The number of alkyl halides is 6. The molecule has 0 unspecified atom stereocenters. The Morgan fingerprint density at radius 3 is 1.97 bits per heavy atom. The number of carbonyl (C=O) groups is 1. The van der Waals surface area contributed by atoms with Crippen LogP contribution in [0.4, 0.5) is 26.3 Å². The SMILES string of the molecule is CC(=O)[C@]1(C)[C@H](C)O[C@](C)(COC(c2ccccc2)(C(F)(F)F)C(F)(F)F)[C@H]1O. The number of aliphatic hydroxyl groups is 1. The number of halogens is 6. The van der Waals surface area contributed by atoms with E-state index in [1.54, 1.807) is 0 Å². The van der Waals surface area contributed by atoms with Gasteiger partial charge < -0.3 is 14.6 Å². The van der Waals surface area contributed by atoms with Crippen LogP contribution in [-0.2, 0) is 19.9 Å². The molecule has 1 aromatic rings. The maximum Gasteiger partial charge on any atom is 0.430 e. The third-order valence-corrected chi connectivity index (χ3v) is 5.75. The fraction of sp³-hybridized carbons (Fsp3) is 0.632. The molecule has 1 aromatic carbocycles. The van der Waals surface area contributed by atoms with E-state index in [0.29, 0.717) is 12.1 Å². The predicted molar refractivity (Wildman–Crippen MR) is 89.9 cm³/mol. The van der Waals surface area contributed by atoms with Crippen molar-refractivity contribution in [2.24, 2.45) is 5.41 Å². The summed E-state index contributed by atoms with van der Waals surface area (Å²) in [7, 11) is 0. The summed E-state index contributed by atoms with van der Waals surface area (Å²) in [5.74, 6) is -0.512. The third kappa shape index (κ3) is 3.55. The molecule has 2 rings (SSSR count). The van der Waals surface area contributed by atoms with Crippen molar-refractivity contribution in [2.45, 2.75) is 63.5 Å². The molecule has 1 heterocycles. The monoisotopic (exact) mass is 428 g/mol. The zero-order valence-corrected chi connectivity index (χ0v) is 16.2. The number of carbonyl (C=O) groups excluding carboxylic acids is 1.